The maximum atomic E-state index is 11.4. The number of phenols is 3. The van der Waals surface area contributed by atoms with Crippen molar-refractivity contribution in [2.24, 2.45) is 0 Å². The van der Waals surface area contributed by atoms with Crippen molar-refractivity contribution in [3.05, 3.63) is 77.6 Å². The number of aromatic nitrogens is 1. The highest BCUT2D eigenvalue weighted by Gasteiger charge is 2.16. The summed E-state index contributed by atoms with van der Waals surface area (Å²) in [7, 11) is 0. The zero-order valence-corrected chi connectivity index (χ0v) is 15.0. The second kappa shape index (κ2) is 8.30. The molecule has 0 spiro atoms. The molecule has 0 atom stereocenters. The van der Waals surface area contributed by atoms with Crippen LogP contribution in [0.4, 0.5) is 5.69 Å². The van der Waals surface area contributed by atoms with Crippen LogP contribution in [0.2, 0.25) is 0 Å². The Bertz CT molecular complexity index is 976. The monoisotopic (exact) mass is 380 g/mol. The van der Waals surface area contributed by atoms with Gasteiger partial charge in [-0.1, -0.05) is 6.07 Å². The van der Waals surface area contributed by atoms with Gasteiger partial charge < -0.3 is 25.3 Å². The molecule has 1 aromatic heterocycles. The number of phenolic OH excluding ortho intramolecular Hbond substituents is 2. The molecule has 0 aliphatic rings. The summed E-state index contributed by atoms with van der Waals surface area (Å²) in [6.45, 7) is 0.715. The molecular weight excluding hydrogens is 360 g/mol. The summed E-state index contributed by atoms with van der Waals surface area (Å²) in [4.78, 5) is 17.5. The Kier molecular flexibility index (Phi) is 5.64. The van der Waals surface area contributed by atoms with Gasteiger partial charge in [-0.3, -0.25) is 4.98 Å². The van der Waals surface area contributed by atoms with Crippen LogP contribution in [0.1, 0.15) is 21.6 Å². The predicted octanol–water partition coefficient (Wildman–Crippen LogP) is 3.15. The first kappa shape index (κ1) is 19.0. The first-order valence-corrected chi connectivity index (χ1v) is 8.66. The van der Waals surface area contributed by atoms with Crippen molar-refractivity contribution in [2.75, 3.05) is 11.4 Å². The molecular formula is C21H20N2O5. The van der Waals surface area contributed by atoms with Gasteiger partial charge in [0.05, 0.1) is 0 Å². The van der Waals surface area contributed by atoms with Crippen LogP contribution in [0.3, 0.4) is 0 Å². The van der Waals surface area contributed by atoms with Crippen molar-refractivity contribution in [1.29, 1.82) is 0 Å². The largest absolute Gasteiger partial charge is 0.508 e. The van der Waals surface area contributed by atoms with Crippen LogP contribution in [0.25, 0.3) is 0 Å². The van der Waals surface area contributed by atoms with E-state index in [0.29, 0.717) is 24.2 Å². The molecule has 0 unspecified atom stereocenters. The topological polar surface area (TPSA) is 114 Å². The fourth-order valence-corrected chi connectivity index (χ4v) is 2.89. The summed E-state index contributed by atoms with van der Waals surface area (Å²) in [6, 6.07) is 14.2. The molecule has 3 aromatic rings. The average Bonchev–Trinajstić information content (AvgIpc) is 2.69. The van der Waals surface area contributed by atoms with Crippen molar-refractivity contribution in [2.45, 2.75) is 13.0 Å². The second-order valence-electron chi connectivity index (χ2n) is 6.31. The molecule has 0 aliphatic carbocycles. The fraction of sp³-hybridized carbons (Fsp3) is 0.143. The number of hydrogen-bond donors (Lipinski definition) is 4. The minimum Gasteiger partial charge on any atom is -0.508 e. The number of pyridine rings is 1. The summed E-state index contributed by atoms with van der Waals surface area (Å²) in [6.07, 6.45) is 2.29. The van der Waals surface area contributed by atoms with Crippen LogP contribution in [0.15, 0.2) is 60.8 Å². The Morgan fingerprint density at radius 2 is 1.75 bits per heavy atom. The van der Waals surface area contributed by atoms with Gasteiger partial charge in [-0.2, -0.15) is 0 Å². The van der Waals surface area contributed by atoms with Crippen LogP contribution < -0.4 is 4.90 Å². The highest BCUT2D eigenvalue weighted by atomic mass is 16.4. The molecule has 0 amide bonds. The Hall–Kier alpha value is -3.74. The molecule has 1 heterocycles. The number of rotatable bonds is 7. The zero-order chi connectivity index (χ0) is 20.1. The second-order valence-corrected chi connectivity index (χ2v) is 6.31. The molecule has 0 aliphatic heterocycles. The summed E-state index contributed by atoms with van der Waals surface area (Å²) in [5.74, 6) is -1.50. The van der Waals surface area contributed by atoms with Crippen molar-refractivity contribution in [1.82, 2.24) is 4.98 Å². The first-order chi connectivity index (χ1) is 13.4. The van der Waals surface area contributed by atoms with Gasteiger partial charge in [-0.05, 0) is 48.5 Å². The predicted molar refractivity (Wildman–Crippen MR) is 104 cm³/mol. The smallest absolute Gasteiger partial charge is 0.339 e. The van der Waals surface area contributed by atoms with Gasteiger partial charge in [0.1, 0.15) is 22.8 Å². The lowest BCUT2D eigenvalue weighted by Gasteiger charge is -2.26. The van der Waals surface area contributed by atoms with Gasteiger partial charge in [0.2, 0.25) is 0 Å². The molecule has 0 fully saturated rings. The van der Waals surface area contributed by atoms with Crippen LogP contribution in [-0.2, 0) is 13.0 Å². The maximum absolute atomic E-state index is 11.4. The molecule has 7 heteroatoms. The van der Waals surface area contributed by atoms with Gasteiger partial charge in [0.25, 0.3) is 0 Å². The molecule has 144 valence electrons. The molecule has 0 bridgehead atoms. The van der Waals surface area contributed by atoms with E-state index < -0.39 is 5.97 Å². The Morgan fingerprint density at radius 1 is 0.964 bits per heavy atom. The number of nitrogens with zero attached hydrogens (tertiary/aromatic N) is 2. The number of aromatic hydroxyl groups is 3. The minimum absolute atomic E-state index is 0.0226. The number of hydrogen-bond acceptors (Lipinski definition) is 6. The third kappa shape index (κ3) is 4.50. The fourth-order valence-electron chi connectivity index (χ4n) is 2.89. The molecule has 0 saturated heterocycles. The number of aromatic carboxylic acids is 1. The number of carboxylic acid groups (broad SMARTS) is 1. The molecule has 4 N–H and O–H groups in total. The van der Waals surface area contributed by atoms with E-state index in [-0.39, 0.29) is 29.4 Å². The lowest BCUT2D eigenvalue weighted by atomic mass is 10.1. The normalized spacial score (nSPS) is 10.6. The third-order valence-electron chi connectivity index (χ3n) is 4.36. The highest BCUT2D eigenvalue weighted by Crippen LogP contribution is 2.29. The van der Waals surface area contributed by atoms with E-state index in [2.05, 4.69) is 4.98 Å². The molecule has 2 aromatic carbocycles. The van der Waals surface area contributed by atoms with E-state index in [0.717, 1.165) is 5.69 Å². The Labute approximate surface area is 161 Å². The third-order valence-corrected chi connectivity index (χ3v) is 4.36. The van der Waals surface area contributed by atoms with Crippen LogP contribution in [-0.4, -0.2) is 37.9 Å². The Morgan fingerprint density at radius 3 is 2.46 bits per heavy atom. The average molecular weight is 380 g/mol. The van der Waals surface area contributed by atoms with E-state index in [9.17, 15) is 25.2 Å². The molecule has 0 saturated carbocycles. The van der Waals surface area contributed by atoms with Crippen molar-refractivity contribution < 1.29 is 25.2 Å². The van der Waals surface area contributed by atoms with E-state index in [1.807, 2.05) is 23.1 Å². The molecule has 7 nitrogen and oxygen atoms in total. The molecule has 0 radical (unpaired) electrons. The van der Waals surface area contributed by atoms with Crippen LogP contribution in [0.5, 0.6) is 17.2 Å². The standard InChI is InChI=1S/C21H20N2O5/c24-17-5-7-19(25)14(11-17)13-23(10-8-15-3-1-2-9-22-15)16-4-6-20(26)18(12-16)21(27)28/h1-7,9,11-12,24-26H,8,10,13H2,(H,27,28). The quantitative estimate of drug-likeness (QED) is 0.466. The van der Waals surface area contributed by atoms with Crippen LogP contribution in [0, 0.1) is 0 Å². The van der Waals surface area contributed by atoms with Gasteiger partial charge in [-0.15, -0.1) is 0 Å². The van der Waals surface area contributed by atoms with E-state index >= 15 is 0 Å². The maximum Gasteiger partial charge on any atom is 0.339 e. The summed E-state index contributed by atoms with van der Waals surface area (Å²) in [5.41, 5.74) is 1.71. The molecule has 28 heavy (non-hydrogen) atoms. The number of benzene rings is 2. The summed E-state index contributed by atoms with van der Waals surface area (Å²) >= 11 is 0. The van der Waals surface area contributed by atoms with Gasteiger partial charge >= 0.3 is 5.97 Å². The van der Waals surface area contributed by atoms with Gasteiger partial charge in [-0.25, -0.2) is 4.79 Å². The van der Waals surface area contributed by atoms with E-state index in [1.165, 1.54) is 30.3 Å². The van der Waals surface area contributed by atoms with Gasteiger partial charge in [0, 0.05) is 42.7 Å². The van der Waals surface area contributed by atoms with Gasteiger partial charge in [0.15, 0.2) is 0 Å². The van der Waals surface area contributed by atoms with Crippen molar-refractivity contribution >= 4 is 11.7 Å². The number of carboxylic acids is 1. The molecule has 3 rings (SSSR count). The zero-order valence-electron chi connectivity index (χ0n) is 15.0. The Balaban J connectivity index is 1.92. The SMILES string of the molecule is O=C(O)c1cc(N(CCc2ccccn2)Cc2cc(O)ccc2O)ccc1O. The van der Waals surface area contributed by atoms with Crippen molar-refractivity contribution in [3.8, 4) is 17.2 Å². The summed E-state index contributed by atoms with van der Waals surface area (Å²) in [5, 5.41) is 38.9. The lowest BCUT2D eigenvalue weighted by Crippen LogP contribution is -2.26. The number of anilines is 1. The highest BCUT2D eigenvalue weighted by molar-refractivity contribution is 5.92. The van der Waals surface area contributed by atoms with Crippen LogP contribution >= 0.6 is 0 Å². The lowest BCUT2D eigenvalue weighted by molar-refractivity contribution is 0.0693. The minimum atomic E-state index is -1.23. The first-order valence-electron chi connectivity index (χ1n) is 8.66. The van der Waals surface area contributed by atoms with E-state index in [1.54, 1.807) is 12.3 Å². The van der Waals surface area contributed by atoms with Crippen molar-refractivity contribution in [3.63, 3.8) is 0 Å². The van der Waals surface area contributed by atoms with E-state index in [4.69, 9.17) is 0 Å². The summed E-state index contributed by atoms with van der Waals surface area (Å²) < 4.78 is 0. The number of carbonyl (C=O) groups is 1.